The Morgan fingerprint density at radius 2 is 1.82 bits per heavy atom. The average molecular weight is 306 g/mol. The Morgan fingerprint density at radius 1 is 1.23 bits per heavy atom. The van der Waals surface area contributed by atoms with E-state index in [4.69, 9.17) is 4.74 Å². The molecule has 5 nitrogen and oxygen atoms in total. The highest BCUT2D eigenvalue weighted by Crippen LogP contribution is 2.51. The zero-order chi connectivity index (χ0) is 16.0. The molecule has 1 aromatic rings. The Kier molecular flexibility index (Phi) is 3.51. The lowest BCUT2D eigenvalue weighted by atomic mass is 9.60. The van der Waals surface area contributed by atoms with Gasteiger partial charge in [-0.2, -0.15) is 0 Å². The molecule has 0 saturated heterocycles. The van der Waals surface area contributed by atoms with Crippen LogP contribution in [0.5, 0.6) is 0 Å². The molecule has 0 aliphatic heterocycles. The second-order valence-electron chi connectivity index (χ2n) is 7.82. The number of fused-ring (bicyclic) bond motifs is 3. The van der Waals surface area contributed by atoms with Gasteiger partial charge in [-0.25, -0.2) is 4.79 Å². The Balaban J connectivity index is 1.73. The number of carbonyl (C=O) groups is 1. The van der Waals surface area contributed by atoms with Crippen molar-refractivity contribution in [3.05, 3.63) is 24.5 Å². The molecule has 2 N–H and O–H groups in total. The third kappa shape index (κ3) is 2.62. The minimum atomic E-state index is -0.537. The number of carbonyl (C=O) groups excluding carboxylic acids is 1. The second kappa shape index (κ2) is 5.01. The highest BCUT2D eigenvalue weighted by atomic mass is 16.6. The van der Waals surface area contributed by atoms with E-state index >= 15 is 0 Å². The van der Waals surface area contributed by atoms with Gasteiger partial charge < -0.3 is 19.7 Å². The van der Waals surface area contributed by atoms with Crippen LogP contribution in [-0.2, 0) is 10.3 Å². The first-order chi connectivity index (χ1) is 10.2. The minimum absolute atomic E-state index is 0.000276. The maximum atomic E-state index is 12.1. The van der Waals surface area contributed by atoms with Crippen LogP contribution in [0, 0.1) is 0 Å². The summed E-state index contributed by atoms with van der Waals surface area (Å²) < 4.78 is 7.59. The van der Waals surface area contributed by atoms with Gasteiger partial charge in [-0.1, -0.05) is 0 Å². The van der Waals surface area contributed by atoms with Gasteiger partial charge in [-0.3, -0.25) is 0 Å². The molecule has 3 aliphatic carbocycles. The van der Waals surface area contributed by atoms with E-state index in [9.17, 15) is 9.90 Å². The van der Waals surface area contributed by atoms with Gasteiger partial charge in [0.15, 0.2) is 0 Å². The van der Waals surface area contributed by atoms with E-state index < -0.39 is 23.3 Å². The number of rotatable bonds is 2. The van der Waals surface area contributed by atoms with Gasteiger partial charge >= 0.3 is 6.09 Å². The van der Waals surface area contributed by atoms with Crippen LogP contribution < -0.4 is 5.32 Å². The first-order valence-electron chi connectivity index (χ1n) is 8.08. The summed E-state index contributed by atoms with van der Waals surface area (Å²) in [6.45, 7) is 5.54. The van der Waals surface area contributed by atoms with Crippen molar-refractivity contribution in [2.75, 3.05) is 0 Å². The van der Waals surface area contributed by atoms with Gasteiger partial charge in [-0.05, 0) is 65.0 Å². The largest absolute Gasteiger partial charge is 0.444 e. The summed E-state index contributed by atoms with van der Waals surface area (Å²) in [5.74, 6) is 0. The van der Waals surface area contributed by atoms with Crippen molar-refractivity contribution in [2.24, 2.45) is 0 Å². The second-order valence-corrected chi connectivity index (χ2v) is 7.82. The first-order valence-corrected chi connectivity index (χ1v) is 8.08. The van der Waals surface area contributed by atoms with Gasteiger partial charge in [0.2, 0.25) is 0 Å². The molecule has 0 spiro atoms. The zero-order valence-corrected chi connectivity index (χ0v) is 13.6. The van der Waals surface area contributed by atoms with Crippen LogP contribution in [0.2, 0.25) is 0 Å². The number of hydrogen-bond acceptors (Lipinski definition) is 3. The standard InChI is InChI=1S/C17H26N2O3/c1-15(2,3)22-14(21)18-17-8-6-16(7-9-17,12-13(17)20)19-10-4-5-11-19/h4-5,10-11,13,20H,6-9,12H2,1-3H3,(H,18,21)/t13-,16?,17?/m0/s1. The summed E-state index contributed by atoms with van der Waals surface area (Å²) in [6, 6.07) is 4.05. The van der Waals surface area contributed by atoms with Crippen LogP contribution >= 0.6 is 0 Å². The summed E-state index contributed by atoms with van der Waals surface area (Å²) in [7, 11) is 0. The molecule has 4 rings (SSSR count). The van der Waals surface area contributed by atoms with Gasteiger partial charge in [0.05, 0.1) is 11.6 Å². The van der Waals surface area contributed by atoms with Crippen LogP contribution in [0.1, 0.15) is 52.9 Å². The molecule has 3 aliphatic rings. The van der Waals surface area contributed by atoms with Crippen molar-refractivity contribution in [1.29, 1.82) is 0 Å². The molecule has 3 fully saturated rings. The maximum Gasteiger partial charge on any atom is 0.408 e. The number of amides is 1. The Labute approximate surface area is 131 Å². The van der Waals surface area contributed by atoms with Crippen LogP contribution in [0.3, 0.4) is 0 Å². The molecule has 22 heavy (non-hydrogen) atoms. The topological polar surface area (TPSA) is 63.5 Å². The van der Waals surface area contributed by atoms with Crippen molar-refractivity contribution < 1.29 is 14.6 Å². The number of hydrogen-bond donors (Lipinski definition) is 2. The summed E-state index contributed by atoms with van der Waals surface area (Å²) in [4.78, 5) is 12.1. The lowest BCUT2D eigenvalue weighted by Gasteiger charge is -2.56. The quantitative estimate of drug-likeness (QED) is 0.883. The van der Waals surface area contributed by atoms with Gasteiger partial charge in [-0.15, -0.1) is 0 Å². The predicted octanol–water partition coefficient (Wildman–Crippen LogP) is 2.79. The number of aliphatic hydroxyl groups is 1. The SMILES string of the molecule is CC(C)(C)OC(=O)NC12CCC(n3cccc3)(CC1)C[C@@H]2O. The first kappa shape index (κ1) is 15.4. The number of nitrogens with zero attached hydrogens (tertiary/aromatic N) is 1. The van der Waals surface area contributed by atoms with Crippen LogP contribution in [-0.4, -0.2) is 33.0 Å². The van der Waals surface area contributed by atoms with E-state index in [0.29, 0.717) is 6.42 Å². The van der Waals surface area contributed by atoms with E-state index in [2.05, 4.69) is 22.3 Å². The lowest BCUT2D eigenvalue weighted by molar-refractivity contribution is -0.0788. The normalized spacial score (nSPS) is 34.5. The fraction of sp³-hybridized carbons (Fsp3) is 0.706. The number of nitrogens with one attached hydrogen (secondary N) is 1. The van der Waals surface area contributed by atoms with Crippen molar-refractivity contribution in [1.82, 2.24) is 9.88 Å². The molecular formula is C17H26N2O3. The van der Waals surface area contributed by atoms with Crippen molar-refractivity contribution in [3.8, 4) is 0 Å². The number of aliphatic hydroxyl groups excluding tert-OH is 1. The van der Waals surface area contributed by atoms with Gasteiger partial charge in [0.1, 0.15) is 5.60 Å². The molecule has 0 aromatic carbocycles. The highest BCUT2D eigenvalue weighted by molar-refractivity contribution is 5.69. The molecule has 1 heterocycles. The molecule has 0 unspecified atom stereocenters. The van der Waals surface area contributed by atoms with Gasteiger partial charge in [0, 0.05) is 17.9 Å². The average Bonchev–Trinajstić information content (AvgIpc) is 2.93. The summed E-state index contributed by atoms with van der Waals surface area (Å²) >= 11 is 0. The third-order valence-corrected chi connectivity index (χ3v) is 5.19. The molecule has 1 aromatic heterocycles. The van der Waals surface area contributed by atoms with E-state index in [1.54, 1.807) is 0 Å². The van der Waals surface area contributed by atoms with Crippen molar-refractivity contribution in [2.45, 2.75) is 75.7 Å². The fourth-order valence-electron chi connectivity index (χ4n) is 3.98. The van der Waals surface area contributed by atoms with E-state index in [-0.39, 0.29) is 5.54 Å². The molecule has 1 amide bonds. The van der Waals surface area contributed by atoms with E-state index in [1.807, 2.05) is 32.9 Å². The minimum Gasteiger partial charge on any atom is -0.444 e. The Morgan fingerprint density at radius 3 is 2.32 bits per heavy atom. The Bertz CT molecular complexity index is 537. The molecule has 1 atom stereocenters. The molecule has 3 saturated carbocycles. The molecule has 5 heteroatoms. The zero-order valence-electron chi connectivity index (χ0n) is 13.6. The van der Waals surface area contributed by atoms with Crippen LogP contribution in [0.15, 0.2) is 24.5 Å². The number of aromatic nitrogens is 1. The summed E-state index contributed by atoms with van der Waals surface area (Å²) in [5.41, 5.74) is -1.05. The monoisotopic (exact) mass is 306 g/mol. The van der Waals surface area contributed by atoms with Crippen LogP contribution in [0.4, 0.5) is 4.79 Å². The number of ether oxygens (including phenoxy) is 1. The summed E-state index contributed by atoms with van der Waals surface area (Å²) in [6.07, 6.45) is 7.36. The maximum absolute atomic E-state index is 12.1. The van der Waals surface area contributed by atoms with Crippen molar-refractivity contribution in [3.63, 3.8) is 0 Å². The molecule has 0 radical (unpaired) electrons. The lowest BCUT2D eigenvalue weighted by Crippen LogP contribution is -2.66. The summed E-state index contributed by atoms with van der Waals surface area (Å²) in [5, 5.41) is 13.6. The molecule has 2 bridgehead atoms. The molecule has 122 valence electrons. The van der Waals surface area contributed by atoms with Gasteiger partial charge in [0.25, 0.3) is 0 Å². The van der Waals surface area contributed by atoms with E-state index in [0.717, 1.165) is 25.7 Å². The predicted molar refractivity (Wildman–Crippen MR) is 83.6 cm³/mol. The Hall–Kier alpha value is -1.49. The van der Waals surface area contributed by atoms with E-state index in [1.165, 1.54) is 0 Å². The van der Waals surface area contributed by atoms with Crippen LogP contribution in [0.25, 0.3) is 0 Å². The highest BCUT2D eigenvalue weighted by Gasteiger charge is 2.55. The molecular weight excluding hydrogens is 280 g/mol. The van der Waals surface area contributed by atoms with Crippen molar-refractivity contribution >= 4 is 6.09 Å². The third-order valence-electron chi connectivity index (χ3n) is 5.19. The number of alkyl carbamates (subject to hydrolysis) is 1. The fourth-order valence-corrected chi connectivity index (χ4v) is 3.98. The smallest absolute Gasteiger partial charge is 0.408 e.